The molecular weight excluding hydrogens is 359 g/mol. The van der Waals surface area contributed by atoms with Crippen LogP contribution in [-0.2, 0) is 6.18 Å². The normalized spacial score (nSPS) is 12.2. The lowest BCUT2D eigenvalue weighted by Gasteiger charge is -2.02. The first-order valence-corrected chi connectivity index (χ1v) is 6.82. The molecule has 3 rings (SSSR count). The molecule has 0 saturated heterocycles. The number of nitrogens with zero attached hydrogens (tertiary/aromatic N) is 4. The molecule has 0 fully saturated rings. The molecule has 0 spiro atoms. The lowest BCUT2D eigenvalue weighted by molar-refractivity contribution is -0.146. The van der Waals surface area contributed by atoms with Crippen LogP contribution in [-0.4, -0.2) is 19.8 Å². The Bertz CT molecular complexity index is 794. The first kappa shape index (κ1) is 13.3. The van der Waals surface area contributed by atoms with Gasteiger partial charge in [-0.25, -0.2) is 0 Å². The predicted molar refractivity (Wildman–Crippen MR) is 71.2 cm³/mol. The van der Waals surface area contributed by atoms with Crippen molar-refractivity contribution in [3.8, 4) is 10.6 Å². The summed E-state index contributed by atoms with van der Waals surface area (Å²) in [5.74, 6) is -1.15. The van der Waals surface area contributed by atoms with Crippen LogP contribution in [0.3, 0.4) is 0 Å². The fourth-order valence-electron chi connectivity index (χ4n) is 1.62. The van der Waals surface area contributed by atoms with E-state index in [-0.39, 0.29) is 4.96 Å². The number of hydrogen-bond donors (Lipinski definition) is 1. The number of rotatable bonds is 1. The molecule has 0 atom stereocenters. The monoisotopic (exact) mass is 363 g/mol. The molecule has 0 amide bonds. The van der Waals surface area contributed by atoms with E-state index in [1.54, 1.807) is 18.2 Å². The molecule has 2 aromatic heterocycles. The van der Waals surface area contributed by atoms with E-state index in [4.69, 9.17) is 5.73 Å². The number of alkyl halides is 3. The van der Waals surface area contributed by atoms with Crippen molar-refractivity contribution < 1.29 is 13.2 Å². The molecular formula is C10H5BrF3N5S. The number of anilines is 1. The Hall–Kier alpha value is -1.68. The lowest BCUT2D eigenvalue weighted by Crippen LogP contribution is -2.11. The SMILES string of the molecule is Nc1ccc(Br)cc1-c1nn2c(C(F)(F)F)nnc2s1. The van der Waals surface area contributed by atoms with Crippen molar-refractivity contribution in [2.75, 3.05) is 5.73 Å². The van der Waals surface area contributed by atoms with Crippen LogP contribution >= 0.6 is 27.3 Å². The quantitative estimate of drug-likeness (QED) is 0.674. The molecule has 5 nitrogen and oxygen atoms in total. The van der Waals surface area contributed by atoms with Crippen molar-refractivity contribution in [3.63, 3.8) is 0 Å². The third kappa shape index (κ3) is 2.14. The molecule has 20 heavy (non-hydrogen) atoms. The molecule has 0 saturated carbocycles. The molecule has 0 aliphatic heterocycles. The van der Waals surface area contributed by atoms with Gasteiger partial charge in [0.1, 0.15) is 5.01 Å². The van der Waals surface area contributed by atoms with Crippen LogP contribution < -0.4 is 5.73 Å². The highest BCUT2D eigenvalue weighted by Gasteiger charge is 2.38. The number of hydrogen-bond acceptors (Lipinski definition) is 5. The number of benzene rings is 1. The number of fused-ring (bicyclic) bond motifs is 1. The lowest BCUT2D eigenvalue weighted by atomic mass is 10.2. The van der Waals surface area contributed by atoms with Crippen LogP contribution in [0.25, 0.3) is 15.5 Å². The van der Waals surface area contributed by atoms with Gasteiger partial charge in [0.2, 0.25) is 4.96 Å². The van der Waals surface area contributed by atoms with E-state index in [9.17, 15) is 13.2 Å². The second-order valence-electron chi connectivity index (χ2n) is 3.85. The van der Waals surface area contributed by atoms with E-state index in [1.165, 1.54) is 0 Å². The van der Waals surface area contributed by atoms with Crippen LogP contribution in [0.1, 0.15) is 5.82 Å². The minimum atomic E-state index is -4.60. The maximum atomic E-state index is 12.7. The molecule has 104 valence electrons. The average Bonchev–Trinajstić information content (AvgIpc) is 2.89. The fourth-order valence-corrected chi connectivity index (χ4v) is 2.85. The van der Waals surface area contributed by atoms with Crippen LogP contribution in [0.4, 0.5) is 18.9 Å². The molecule has 0 bridgehead atoms. The minimum Gasteiger partial charge on any atom is -0.398 e. The first-order valence-electron chi connectivity index (χ1n) is 5.21. The Morgan fingerprint density at radius 1 is 1.25 bits per heavy atom. The van der Waals surface area contributed by atoms with Gasteiger partial charge >= 0.3 is 6.18 Å². The van der Waals surface area contributed by atoms with Crippen LogP contribution in [0.15, 0.2) is 22.7 Å². The standard InChI is InChI=1S/C10H5BrF3N5S/c11-4-1-2-6(15)5(3-4)7-18-19-8(10(12,13)14)16-17-9(19)20-7/h1-3H,15H2. The van der Waals surface area contributed by atoms with Gasteiger partial charge < -0.3 is 5.73 Å². The van der Waals surface area contributed by atoms with Gasteiger partial charge in [-0.1, -0.05) is 27.3 Å². The Morgan fingerprint density at radius 2 is 2.00 bits per heavy atom. The second kappa shape index (κ2) is 4.42. The summed E-state index contributed by atoms with van der Waals surface area (Å²) in [5, 5.41) is 10.8. The summed E-state index contributed by atoms with van der Waals surface area (Å²) in [6.45, 7) is 0. The molecule has 0 aliphatic rings. The highest BCUT2D eigenvalue weighted by atomic mass is 79.9. The molecule has 0 aliphatic carbocycles. The number of nitrogen functional groups attached to an aromatic ring is 1. The second-order valence-corrected chi connectivity index (χ2v) is 5.73. The van der Waals surface area contributed by atoms with Gasteiger partial charge in [-0.3, -0.25) is 0 Å². The summed E-state index contributed by atoms with van der Waals surface area (Å²) in [6, 6.07) is 5.07. The van der Waals surface area contributed by atoms with Gasteiger partial charge in [0, 0.05) is 15.7 Å². The van der Waals surface area contributed by atoms with Crippen molar-refractivity contribution in [1.82, 2.24) is 19.8 Å². The van der Waals surface area contributed by atoms with Gasteiger partial charge in [-0.05, 0) is 18.2 Å². The summed E-state index contributed by atoms with van der Waals surface area (Å²) in [7, 11) is 0. The number of nitrogens with two attached hydrogens (primary N) is 1. The van der Waals surface area contributed by atoms with Crippen LogP contribution in [0.2, 0.25) is 0 Å². The Kier molecular flexibility index (Phi) is 2.94. The van der Waals surface area contributed by atoms with E-state index in [1.807, 2.05) is 0 Å². The van der Waals surface area contributed by atoms with Crippen LogP contribution in [0.5, 0.6) is 0 Å². The zero-order valence-electron chi connectivity index (χ0n) is 9.52. The molecule has 2 N–H and O–H groups in total. The maximum absolute atomic E-state index is 12.7. The first-order chi connectivity index (χ1) is 9.36. The summed E-state index contributed by atoms with van der Waals surface area (Å²) >= 11 is 4.27. The van der Waals surface area contributed by atoms with Gasteiger partial charge in [-0.2, -0.15) is 22.8 Å². The molecule has 1 aromatic carbocycles. The van der Waals surface area contributed by atoms with Gasteiger partial charge in [0.25, 0.3) is 5.82 Å². The Morgan fingerprint density at radius 3 is 2.70 bits per heavy atom. The summed E-state index contributed by atoms with van der Waals surface area (Å²) in [5.41, 5.74) is 6.78. The zero-order chi connectivity index (χ0) is 14.5. The summed E-state index contributed by atoms with van der Waals surface area (Å²) < 4.78 is 39.6. The topological polar surface area (TPSA) is 69.1 Å². The van der Waals surface area contributed by atoms with E-state index in [0.717, 1.165) is 15.8 Å². The molecule has 0 unspecified atom stereocenters. The summed E-state index contributed by atoms with van der Waals surface area (Å²) in [4.78, 5) is 0.0618. The van der Waals surface area contributed by atoms with Crippen molar-refractivity contribution in [3.05, 3.63) is 28.5 Å². The van der Waals surface area contributed by atoms with Crippen molar-refractivity contribution >= 4 is 37.9 Å². The molecule has 0 radical (unpaired) electrons. The van der Waals surface area contributed by atoms with Crippen molar-refractivity contribution in [1.29, 1.82) is 0 Å². The largest absolute Gasteiger partial charge is 0.453 e. The predicted octanol–water partition coefficient (Wildman–Crippen LogP) is 3.22. The number of halogens is 4. The fraction of sp³-hybridized carbons (Fsp3) is 0.100. The van der Waals surface area contributed by atoms with Gasteiger partial charge in [-0.15, -0.1) is 10.2 Å². The van der Waals surface area contributed by atoms with E-state index >= 15 is 0 Å². The van der Waals surface area contributed by atoms with Crippen molar-refractivity contribution in [2.45, 2.75) is 6.18 Å². The van der Waals surface area contributed by atoms with E-state index < -0.39 is 12.0 Å². The highest BCUT2D eigenvalue weighted by molar-refractivity contribution is 9.10. The zero-order valence-corrected chi connectivity index (χ0v) is 11.9. The van der Waals surface area contributed by atoms with Crippen LogP contribution in [0, 0.1) is 0 Å². The Balaban J connectivity index is 2.19. The maximum Gasteiger partial charge on any atom is 0.453 e. The number of aromatic nitrogens is 4. The summed E-state index contributed by atoms with van der Waals surface area (Å²) in [6.07, 6.45) is -4.60. The minimum absolute atomic E-state index is 0.0618. The third-order valence-corrected chi connectivity index (χ3v) is 3.92. The van der Waals surface area contributed by atoms with Gasteiger partial charge in [0.05, 0.1) is 0 Å². The third-order valence-electron chi connectivity index (χ3n) is 2.49. The van der Waals surface area contributed by atoms with E-state index in [2.05, 4.69) is 31.2 Å². The van der Waals surface area contributed by atoms with E-state index in [0.29, 0.717) is 20.8 Å². The highest BCUT2D eigenvalue weighted by Crippen LogP contribution is 2.34. The van der Waals surface area contributed by atoms with Crippen molar-refractivity contribution in [2.24, 2.45) is 0 Å². The van der Waals surface area contributed by atoms with Gasteiger partial charge in [0.15, 0.2) is 0 Å². The molecule has 3 aromatic rings. The average molecular weight is 364 g/mol. The Labute approximate surface area is 122 Å². The smallest absolute Gasteiger partial charge is 0.398 e. The molecule has 10 heteroatoms. The molecule has 2 heterocycles.